The fourth-order valence-corrected chi connectivity index (χ4v) is 2.45. The zero-order valence-electron chi connectivity index (χ0n) is 12.1. The highest BCUT2D eigenvalue weighted by atomic mass is 35.5. The van der Waals surface area contributed by atoms with Crippen LogP contribution in [-0.2, 0) is 6.42 Å². The first kappa shape index (κ1) is 15.6. The number of hydrogen-bond acceptors (Lipinski definition) is 4. The van der Waals surface area contributed by atoms with Crippen molar-refractivity contribution in [2.24, 2.45) is 5.84 Å². The quantitative estimate of drug-likeness (QED) is 0.636. The SMILES string of the molecule is COc1cc(C(Cc2ccccc2OC)NN)ccc1Cl. The van der Waals surface area contributed by atoms with Gasteiger partial charge in [0, 0.05) is 0 Å². The Balaban J connectivity index is 2.27. The van der Waals surface area contributed by atoms with Gasteiger partial charge in [-0.1, -0.05) is 35.9 Å². The molecule has 0 saturated carbocycles. The van der Waals surface area contributed by atoms with Gasteiger partial charge in [-0.3, -0.25) is 11.3 Å². The Morgan fingerprint density at radius 2 is 1.81 bits per heavy atom. The Morgan fingerprint density at radius 3 is 2.48 bits per heavy atom. The minimum absolute atomic E-state index is 0.0625. The molecule has 0 radical (unpaired) electrons. The molecule has 0 bridgehead atoms. The van der Waals surface area contributed by atoms with E-state index in [1.54, 1.807) is 14.2 Å². The molecule has 1 unspecified atom stereocenters. The van der Waals surface area contributed by atoms with Gasteiger partial charge in [0.1, 0.15) is 11.5 Å². The lowest BCUT2D eigenvalue weighted by Crippen LogP contribution is -2.29. The van der Waals surface area contributed by atoms with Gasteiger partial charge in [-0.2, -0.15) is 0 Å². The van der Waals surface area contributed by atoms with Gasteiger partial charge in [0.05, 0.1) is 25.3 Å². The Hall–Kier alpha value is -1.75. The third-order valence-corrected chi connectivity index (χ3v) is 3.71. The average molecular weight is 307 g/mol. The first-order valence-corrected chi connectivity index (χ1v) is 6.98. The van der Waals surface area contributed by atoms with Crippen LogP contribution in [0.25, 0.3) is 0 Å². The fraction of sp³-hybridized carbons (Fsp3) is 0.250. The summed E-state index contributed by atoms with van der Waals surface area (Å²) in [5, 5.41) is 0.578. The number of nitrogens with two attached hydrogens (primary N) is 1. The highest BCUT2D eigenvalue weighted by Crippen LogP contribution is 2.30. The van der Waals surface area contributed by atoms with E-state index in [9.17, 15) is 0 Å². The van der Waals surface area contributed by atoms with Crippen molar-refractivity contribution in [3.63, 3.8) is 0 Å². The van der Waals surface area contributed by atoms with Gasteiger partial charge in [-0.15, -0.1) is 0 Å². The molecule has 0 saturated heterocycles. The monoisotopic (exact) mass is 306 g/mol. The van der Waals surface area contributed by atoms with Crippen LogP contribution >= 0.6 is 11.6 Å². The molecule has 0 fully saturated rings. The number of halogens is 1. The Morgan fingerprint density at radius 1 is 1.10 bits per heavy atom. The number of hydrazine groups is 1. The molecule has 0 spiro atoms. The summed E-state index contributed by atoms with van der Waals surface area (Å²) in [5.74, 6) is 7.19. The molecule has 0 heterocycles. The van der Waals surface area contributed by atoms with E-state index in [2.05, 4.69) is 5.43 Å². The molecular formula is C16H19ClN2O2. The molecule has 21 heavy (non-hydrogen) atoms. The summed E-state index contributed by atoms with van der Waals surface area (Å²) in [4.78, 5) is 0. The Bertz CT molecular complexity index is 605. The number of para-hydroxylation sites is 1. The van der Waals surface area contributed by atoms with Crippen LogP contribution in [0.1, 0.15) is 17.2 Å². The molecule has 0 aliphatic rings. The predicted molar refractivity (Wildman–Crippen MR) is 84.8 cm³/mol. The largest absolute Gasteiger partial charge is 0.496 e. The molecule has 0 amide bonds. The van der Waals surface area contributed by atoms with Gasteiger partial charge >= 0.3 is 0 Å². The topological polar surface area (TPSA) is 56.5 Å². The third kappa shape index (κ3) is 3.67. The minimum atomic E-state index is -0.0625. The van der Waals surface area contributed by atoms with Crippen molar-refractivity contribution < 1.29 is 9.47 Å². The van der Waals surface area contributed by atoms with Crippen molar-refractivity contribution in [2.75, 3.05) is 14.2 Å². The minimum Gasteiger partial charge on any atom is -0.496 e. The van der Waals surface area contributed by atoms with Gasteiger partial charge in [0.25, 0.3) is 0 Å². The lowest BCUT2D eigenvalue weighted by molar-refractivity contribution is 0.404. The van der Waals surface area contributed by atoms with E-state index in [1.807, 2.05) is 42.5 Å². The highest BCUT2D eigenvalue weighted by Gasteiger charge is 2.15. The number of methoxy groups -OCH3 is 2. The molecule has 3 N–H and O–H groups in total. The molecule has 2 aromatic carbocycles. The maximum absolute atomic E-state index is 6.06. The summed E-state index contributed by atoms with van der Waals surface area (Å²) < 4.78 is 10.6. The second-order valence-electron chi connectivity index (χ2n) is 4.63. The fourth-order valence-electron chi connectivity index (χ4n) is 2.26. The Labute approximate surface area is 129 Å². The molecule has 5 heteroatoms. The molecule has 2 rings (SSSR count). The molecule has 0 aromatic heterocycles. The first-order valence-electron chi connectivity index (χ1n) is 6.61. The normalized spacial score (nSPS) is 12.0. The van der Waals surface area contributed by atoms with Crippen LogP contribution in [0, 0.1) is 0 Å². The van der Waals surface area contributed by atoms with Gasteiger partial charge < -0.3 is 9.47 Å². The molecule has 4 nitrogen and oxygen atoms in total. The van der Waals surface area contributed by atoms with Crippen molar-refractivity contribution >= 4 is 11.6 Å². The zero-order chi connectivity index (χ0) is 15.2. The third-order valence-electron chi connectivity index (χ3n) is 3.40. The van der Waals surface area contributed by atoms with E-state index in [0.29, 0.717) is 17.2 Å². The number of nitrogens with one attached hydrogen (secondary N) is 1. The summed E-state index contributed by atoms with van der Waals surface area (Å²) in [6.07, 6.45) is 0.700. The summed E-state index contributed by atoms with van der Waals surface area (Å²) in [7, 11) is 3.26. The lowest BCUT2D eigenvalue weighted by Gasteiger charge is -2.19. The molecule has 112 valence electrons. The van der Waals surface area contributed by atoms with Crippen LogP contribution in [0.3, 0.4) is 0 Å². The lowest BCUT2D eigenvalue weighted by atomic mass is 9.98. The van der Waals surface area contributed by atoms with Gasteiger partial charge in [-0.05, 0) is 35.7 Å². The van der Waals surface area contributed by atoms with E-state index in [0.717, 1.165) is 16.9 Å². The maximum atomic E-state index is 6.06. The van der Waals surface area contributed by atoms with E-state index < -0.39 is 0 Å². The summed E-state index contributed by atoms with van der Waals surface area (Å²) >= 11 is 6.06. The van der Waals surface area contributed by atoms with Gasteiger partial charge in [-0.25, -0.2) is 0 Å². The van der Waals surface area contributed by atoms with Crippen LogP contribution in [0.5, 0.6) is 11.5 Å². The van der Waals surface area contributed by atoms with E-state index in [-0.39, 0.29) is 6.04 Å². The van der Waals surface area contributed by atoms with E-state index >= 15 is 0 Å². The molecular weight excluding hydrogens is 288 g/mol. The zero-order valence-corrected chi connectivity index (χ0v) is 12.9. The highest BCUT2D eigenvalue weighted by molar-refractivity contribution is 6.32. The van der Waals surface area contributed by atoms with Crippen molar-refractivity contribution in [3.8, 4) is 11.5 Å². The predicted octanol–water partition coefficient (Wildman–Crippen LogP) is 3.10. The second kappa shape index (κ2) is 7.31. The van der Waals surface area contributed by atoms with Crippen molar-refractivity contribution in [3.05, 3.63) is 58.6 Å². The molecule has 0 aliphatic carbocycles. The number of hydrogen-bond donors (Lipinski definition) is 2. The second-order valence-corrected chi connectivity index (χ2v) is 5.04. The van der Waals surface area contributed by atoms with Crippen LogP contribution in [-0.4, -0.2) is 14.2 Å². The van der Waals surface area contributed by atoms with Crippen LogP contribution < -0.4 is 20.7 Å². The van der Waals surface area contributed by atoms with Gasteiger partial charge in [0.2, 0.25) is 0 Å². The van der Waals surface area contributed by atoms with Crippen molar-refractivity contribution in [2.45, 2.75) is 12.5 Å². The molecule has 1 atom stereocenters. The first-order chi connectivity index (χ1) is 10.2. The maximum Gasteiger partial charge on any atom is 0.137 e. The smallest absolute Gasteiger partial charge is 0.137 e. The van der Waals surface area contributed by atoms with Crippen molar-refractivity contribution in [1.29, 1.82) is 0 Å². The van der Waals surface area contributed by atoms with Crippen LogP contribution in [0.4, 0.5) is 0 Å². The standard InChI is InChI=1S/C16H19ClN2O2/c1-20-15-6-4-3-5-12(15)9-14(19-18)11-7-8-13(17)16(10-11)21-2/h3-8,10,14,19H,9,18H2,1-2H3. The summed E-state index contributed by atoms with van der Waals surface area (Å²) in [6, 6.07) is 13.5. The van der Waals surface area contributed by atoms with Crippen LogP contribution in [0.2, 0.25) is 5.02 Å². The van der Waals surface area contributed by atoms with Crippen molar-refractivity contribution in [1.82, 2.24) is 5.43 Å². The number of benzene rings is 2. The van der Waals surface area contributed by atoms with E-state index in [4.69, 9.17) is 26.9 Å². The molecule has 0 aliphatic heterocycles. The van der Waals surface area contributed by atoms with E-state index in [1.165, 1.54) is 0 Å². The Kier molecular flexibility index (Phi) is 5.44. The van der Waals surface area contributed by atoms with Gasteiger partial charge in [0.15, 0.2) is 0 Å². The average Bonchev–Trinajstić information content (AvgIpc) is 2.53. The molecule has 2 aromatic rings. The summed E-state index contributed by atoms with van der Waals surface area (Å²) in [6.45, 7) is 0. The number of rotatable bonds is 6. The van der Waals surface area contributed by atoms with Crippen LogP contribution in [0.15, 0.2) is 42.5 Å². The summed E-state index contributed by atoms with van der Waals surface area (Å²) in [5.41, 5.74) is 4.92. The number of ether oxygens (including phenoxy) is 2.